The van der Waals surface area contributed by atoms with Crippen molar-refractivity contribution in [1.82, 2.24) is 5.32 Å². The van der Waals surface area contributed by atoms with Gasteiger partial charge in [0.15, 0.2) is 0 Å². The number of rotatable bonds is 7. The molecule has 92 valence electrons. The normalized spacial score (nSPS) is 14.6. The van der Waals surface area contributed by atoms with E-state index in [2.05, 4.69) is 46.9 Å². The highest BCUT2D eigenvalue weighted by atomic mass is 16.5. The van der Waals surface area contributed by atoms with E-state index in [0.29, 0.717) is 6.10 Å². The van der Waals surface area contributed by atoms with Crippen molar-refractivity contribution in [2.45, 2.75) is 66.0 Å². The third-order valence-corrected chi connectivity index (χ3v) is 2.25. The van der Waals surface area contributed by atoms with Gasteiger partial charge in [-0.05, 0) is 46.5 Å². The summed E-state index contributed by atoms with van der Waals surface area (Å²) in [4.78, 5) is 0. The van der Waals surface area contributed by atoms with Crippen LogP contribution < -0.4 is 5.32 Å². The van der Waals surface area contributed by atoms with Crippen LogP contribution in [0.2, 0.25) is 0 Å². The van der Waals surface area contributed by atoms with Crippen molar-refractivity contribution in [3.05, 3.63) is 0 Å². The Morgan fingerprint density at radius 3 is 2.20 bits per heavy atom. The van der Waals surface area contributed by atoms with Gasteiger partial charge in [-0.25, -0.2) is 0 Å². The van der Waals surface area contributed by atoms with Crippen LogP contribution in [0.4, 0.5) is 0 Å². The minimum Gasteiger partial charge on any atom is -0.377 e. The highest BCUT2D eigenvalue weighted by molar-refractivity contribution is 4.71. The summed E-state index contributed by atoms with van der Waals surface area (Å²) < 4.78 is 5.73. The third-order valence-electron chi connectivity index (χ3n) is 2.25. The molecule has 0 spiro atoms. The Balaban J connectivity index is 3.38. The smallest absolute Gasteiger partial charge is 0.0671 e. The standard InChI is InChI=1S/C13H29NO/c1-11(2)8-7-9-15-12(3)10-14-13(4,5)6/h11-12,14H,7-10H2,1-6H3. The van der Waals surface area contributed by atoms with Crippen LogP contribution in [0.5, 0.6) is 0 Å². The van der Waals surface area contributed by atoms with E-state index in [-0.39, 0.29) is 5.54 Å². The van der Waals surface area contributed by atoms with Crippen molar-refractivity contribution in [2.24, 2.45) is 5.92 Å². The van der Waals surface area contributed by atoms with E-state index in [0.717, 1.165) is 19.1 Å². The van der Waals surface area contributed by atoms with E-state index >= 15 is 0 Å². The first-order valence-corrected chi connectivity index (χ1v) is 6.18. The Bertz CT molecular complexity index is 149. The molecule has 0 aromatic rings. The van der Waals surface area contributed by atoms with Gasteiger partial charge in [0.05, 0.1) is 6.10 Å². The zero-order valence-corrected chi connectivity index (χ0v) is 11.4. The van der Waals surface area contributed by atoms with Crippen molar-refractivity contribution in [3.63, 3.8) is 0 Å². The van der Waals surface area contributed by atoms with E-state index < -0.39 is 0 Å². The molecule has 0 aromatic carbocycles. The van der Waals surface area contributed by atoms with Crippen molar-refractivity contribution in [1.29, 1.82) is 0 Å². The van der Waals surface area contributed by atoms with Gasteiger partial charge in [-0.15, -0.1) is 0 Å². The van der Waals surface area contributed by atoms with Crippen molar-refractivity contribution < 1.29 is 4.74 Å². The molecule has 0 aliphatic rings. The van der Waals surface area contributed by atoms with Crippen molar-refractivity contribution in [3.8, 4) is 0 Å². The fourth-order valence-corrected chi connectivity index (χ4v) is 1.28. The molecule has 0 bridgehead atoms. The highest BCUT2D eigenvalue weighted by Gasteiger charge is 2.10. The third kappa shape index (κ3) is 11.8. The predicted molar refractivity (Wildman–Crippen MR) is 67.2 cm³/mol. The summed E-state index contributed by atoms with van der Waals surface area (Å²) in [5, 5.41) is 3.45. The Hall–Kier alpha value is -0.0800. The Morgan fingerprint density at radius 1 is 1.13 bits per heavy atom. The van der Waals surface area contributed by atoms with Gasteiger partial charge >= 0.3 is 0 Å². The summed E-state index contributed by atoms with van der Waals surface area (Å²) in [5.74, 6) is 0.789. The van der Waals surface area contributed by atoms with Gasteiger partial charge in [0, 0.05) is 18.7 Å². The van der Waals surface area contributed by atoms with E-state index in [1.165, 1.54) is 12.8 Å². The van der Waals surface area contributed by atoms with E-state index in [9.17, 15) is 0 Å². The highest BCUT2D eigenvalue weighted by Crippen LogP contribution is 2.05. The second-order valence-electron chi connectivity index (χ2n) is 5.85. The van der Waals surface area contributed by atoms with E-state index in [1.54, 1.807) is 0 Å². The van der Waals surface area contributed by atoms with Crippen molar-refractivity contribution >= 4 is 0 Å². The minimum absolute atomic E-state index is 0.190. The summed E-state index contributed by atoms with van der Waals surface area (Å²) in [5.41, 5.74) is 0.190. The molecule has 0 rings (SSSR count). The molecule has 0 fully saturated rings. The summed E-state index contributed by atoms with van der Waals surface area (Å²) in [6.07, 6.45) is 2.76. The lowest BCUT2D eigenvalue weighted by Crippen LogP contribution is -2.40. The summed E-state index contributed by atoms with van der Waals surface area (Å²) >= 11 is 0. The maximum absolute atomic E-state index is 5.73. The second kappa shape index (κ2) is 7.24. The molecule has 0 saturated carbocycles. The Morgan fingerprint density at radius 2 is 1.73 bits per heavy atom. The number of hydrogen-bond donors (Lipinski definition) is 1. The number of hydrogen-bond acceptors (Lipinski definition) is 2. The monoisotopic (exact) mass is 215 g/mol. The number of ether oxygens (including phenoxy) is 1. The molecular weight excluding hydrogens is 186 g/mol. The van der Waals surface area contributed by atoms with Crippen LogP contribution in [0.3, 0.4) is 0 Å². The summed E-state index contributed by atoms with van der Waals surface area (Å²) in [6.45, 7) is 15.0. The molecule has 0 heterocycles. The minimum atomic E-state index is 0.190. The number of nitrogens with one attached hydrogen (secondary N) is 1. The zero-order valence-electron chi connectivity index (χ0n) is 11.4. The lowest BCUT2D eigenvalue weighted by atomic mass is 10.1. The Kier molecular flexibility index (Phi) is 7.20. The van der Waals surface area contributed by atoms with Gasteiger partial charge in [-0.2, -0.15) is 0 Å². The largest absolute Gasteiger partial charge is 0.377 e. The van der Waals surface area contributed by atoms with Crippen LogP contribution in [-0.2, 0) is 4.74 Å². The molecule has 1 unspecified atom stereocenters. The lowest BCUT2D eigenvalue weighted by Gasteiger charge is -2.23. The summed E-state index contributed by atoms with van der Waals surface area (Å²) in [7, 11) is 0. The molecule has 2 heteroatoms. The second-order valence-corrected chi connectivity index (χ2v) is 5.85. The van der Waals surface area contributed by atoms with E-state index in [4.69, 9.17) is 4.74 Å². The average molecular weight is 215 g/mol. The molecule has 2 nitrogen and oxygen atoms in total. The van der Waals surface area contributed by atoms with Crippen LogP contribution in [0.1, 0.15) is 54.4 Å². The van der Waals surface area contributed by atoms with Crippen LogP contribution in [0.15, 0.2) is 0 Å². The quantitative estimate of drug-likeness (QED) is 0.658. The van der Waals surface area contributed by atoms with Gasteiger partial charge in [-0.3, -0.25) is 0 Å². The average Bonchev–Trinajstić information content (AvgIpc) is 2.07. The van der Waals surface area contributed by atoms with Gasteiger partial charge in [-0.1, -0.05) is 13.8 Å². The van der Waals surface area contributed by atoms with Gasteiger partial charge < -0.3 is 10.1 Å². The SMILES string of the molecule is CC(C)CCCOC(C)CNC(C)(C)C. The molecular formula is C13H29NO. The first kappa shape index (κ1) is 14.9. The molecule has 1 N–H and O–H groups in total. The molecule has 1 atom stereocenters. The zero-order chi connectivity index (χ0) is 11.9. The molecule has 0 aliphatic carbocycles. The van der Waals surface area contributed by atoms with Gasteiger partial charge in [0.1, 0.15) is 0 Å². The van der Waals surface area contributed by atoms with Crippen LogP contribution >= 0.6 is 0 Å². The van der Waals surface area contributed by atoms with Crippen molar-refractivity contribution in [2.75, 3.05) is 13.2 Å². The predicted octanol–water partition coefficient (Wildman–Crippen LogP) is 3.22. The molecule has 0 amide bonds. The first-order chi connectivity index (χ1) is 6.81. The molecule has 0 radical (unpaired) electrons. The van der Waals surface area contributed by atoms with Gasteiger partial charge in [0.25, 0.3) is 0 Å². The van der Waals surface area contributed by atoms with E-state index in [1.807, 2.05) is 0 Å². The molecule has 0 aliphatic heterocycles. The molecule has 15 heavy (non-hydrogen) atoms. The maximum Gasteiger partial charge on any atom is 0.0671 e. The topological polar surface area (TPSA) is 21.3 Å². The van der Waals surface area contributed by atoms with Gasteiger partial charge in [0.2, 0.25) is 0 Å². The fourth-order valence-electron chi connectivity index (χ4n) is 1.28. The Labute approximate surface area is 95.8 Å². The maximum atomic E-state index is 5.73. The van der Waals surface area contributed by atoms with Crippen LogP contribution in [0, 0.1) is 5.92 Å². The van der Waals surface area contributed by atoms with Crippen LogP contribution in [-0.4, -0.2) is 24.8 Å². The first-order valence-electron chi connectivity index (χ1n) is 6.18. The molecule has 0 aromatic heterocycles. The lowest BCUT2D eigenvalue weighted by molar-refractivity contribution is 0.0576. The fraction of sp³-hybridized carbons (Fsp3) is 1.00. The van der Waals surface area contributed by atoms with Crippen LogP contribution in [0.25, 0.3) is 0 Å². The summed E-state index contributed by atoms with van der Waals surface area (Å²) in [6, 6.07) is 0. The molecule has 0 saturated heterocycles.